The van der Waals surface area contributed by atoms with Crippen molar-refractivity contribution in [1.82, 2.24) is 9.88 Å². The van der Waals surface area contributed by atoms with Gasteiger partial charge in [-0.3, -0.25) is 4.79 Å². The van der Waals surface area contributed by atoms with Gasteiger partial charge in [0.2, 0.25) is 0 Å². The van der Waals surface area contributed by atoms with Gasteiger partial charge in [-0.05, 0) is 98.2 Å². The Morgan fingerprint density at radius 3 is 2.58 bits per heavy atom. The number of benzene rings is 1. The minimum Gasteiger partial charge on any atom is -0.493 e. The van der Waals surface area contributed by atoms with Crippen molar-refractivity contribution in [3.63, 3.8) is 0 Å². The van der Waals surface area contributed by atoms with Crippen LogP contribution >= 0.6 is 15.9 Å². The third-order valence-electron chi connectivity index (χ3n) is 8.21. The number of ether oxygens (including phenoxy) is 2. The molecule has 1 amide bonds. The minimum absolute atomic E-state index is 0.0479. The summed E-state index contributed by atoms with van der Waals surface area (Å²) in [5.74, 6) is 1.18. The van der Waals surface area contributed by atoms with E-state index in [-0.39, 0.29) is 34.9 Å². The van der Waals surface area contributed by atoms with Crippen LogP contribution in [0, 0.1) is 35.4 Å². The van der Waals surface area contributed by atoms with E-state index in [9.17, 15) is 24.0 Å². The molecular weight excluding hydrogens is 558 g/mol. The number of rotatable bonds is 6. The average molecular weight is 591 g/mol. The number of aromatic nitrogens is 1. The smallest absolute Gasteiger partial charge is 0.491 e. The Bertz CT molecular complexity index is 1230. The number of hydrogen-bond acceptors (Lipinski definition) is 6. The van der Waals surface area contributed by atoms with Crippen molar-refractivity contribution in [1.29, 1.82) is 0 Å². The van der Waals surface area contributed by atoms with Crippen LogP contribution in [0.4, 0.5) is 9.18 Å². The number of halogens is 2. The second-order valence-electron chi connectivity index (χ2n) is 11.9. The summed E-state index contributed by atoms with van der Waals surface area (Å²) in [6, 6.07) is 5.60. The maximum atomic E-state index is 14.2. The number of hydrogen-bond donors (Lipinski definition) is 3. The van der Waals surface area contributed by atoms with Gasteiger partial charge in [-0.1, -0.05) is 6.07 Å². The summed E-state index contributed by atoms with van der Waals surface area (Å²) in [7, 11) is -1.88. The fraction of sp³-hybridized carbons (Fsp3) is 0.556. The molecule has 38 heavy (non-hydrogen) atoms. The van der Waals surface area contributed by atoms with Crippen LogP contribution in [0.1, 0.15) is 56.9 Å². The predicted octanol–water partition coefficient (Wildman–Crippen LogP) is 3.71. The minimum atomic E-state index is -1.88. The number of carbonyl (C=O) groups excluding carboxylic acids is 2. The molecule has 8 nitrogen and oxygen atoms in total. The number of carbonyl (C=O) groups is 2. The molecule has 2 aromatic rings. The molecule has 1 heterocycles. The molecule has 4 aliphatic rings. The lowest BCUT2D eigenvalue weighted by Gasteiger charge is -2.58. The van der Waals surface area contributed by atoms with Crippen molar-refractivity contribution in [2.45, 2.75) is 58.1 Å². The number of nitrogens with zero attached hydrogens (tertiary/aromatic N) is 1. The Morgan fingerprint density at radius 1 is 1.16 bits per heavy atom. The van der Waals surface area contributed by atoms with E-state index in [4.69, 9.17) is 9.47 Å². The van der Waals surface area contributed by atoms with Gasteiger partial charge in [0.25, 0.3) is 5.91 Å². The normalized spacial score (nSPS) is 27.8. The lowest BCUT2D eigenvalue weighted by molar-refractivity contribution is -0.0754. The summed E-state index contributed by atoms with van der Waals surface area (Å²) < 4.78 is 27.5. The van der Waals surface area contributed by atoms with Gasteiger partial charge < -0.3 is 24.8 Å². The molecule has 6 rings (SSSR count). The second-order valence-corrected chi connectivity index (χ2v) is 12.8. The third kappa shape index (κ3) is 5.51. The molecule has 0 spiro atoms. The molecule has 4 saturated carbocycles. The molecule has 6 unspecified atom stereocenters. The van der Waals surface area contributed by atoms with E-state index in [2.05, 4.69) is 21.2 Å². The number of amides is 1. The van der Waals surface area contributed by atoms with Crippen molar-refractivity contribution in [3.8, 4) is 5.75 Å². The van der Waals surface area contributed by atoms with Gasteiger partial charge in [0.15, 0.2) is 0 Å². The van der Waals surface area contributed by atoms with Crippen LogP contribution in [0.5, 0.6) is 5.75 Å². The predicted molar refractivity (Wildman–Crippen MR) is 143 cm³/mol. The van der Waals surface area contributed by atoms with E-state index >= 15 is 0 Å². The van der Waals surface area contributed by atoms with Gasteiger partial charge in [-0.2, -0.15) is 0 Å². The van der Waals surface area contributed by atoms with Crippen molar-refractivity contribution in [2.75, 3.05) is 6.61 Å². The maximum absolute atomic E-state index is 14.2. The highest BCUT2D eigenvalue weighted by Crippen LogP contribution is 2.56. The zero-order valence-electron chi connectivity index (χ0n) is 21.7. The van der Waals surface area contributed by atoms with Crippen LogP contribution in [0.15, 0.2) is 34.9 Å². The van der Waals surface area contributed by atoms with E-state index in [1.165, 1.54) is 29.0 Å². The van der Waals surface area contributed by atoms with E-state index in [1.54, 1.807) is 26.8 Å². The van der Waals surface area contributed by atoms with Crippen LogP contribution < -0.4 is 15.5 Å². The molecule has 11 heteroatoms. The standard InChI is InChI=1S/C27H33BBrFN2O6/c1-27(2,3)38-26(34)32-12-17(29)10-23(32)25(33)31-24-16-7-14-6-15(9-16)20(19(24)8-14)13-37-18-4-5-21(28(35)36)22(30)11-18/h4-5,10-12,14-16,19-20,24,35-36H,6-9,13H2,1-3H3,(H,31,33). The topological polar surface area (TPSA) is 110 Å². The molecule has 0 aliphatic heterocycles. The summed E-state index contributed by atoms with van der Waals surface area (Å²) in [5.41, 5.74) is -0.677. The van der Waals surface area contributed by atoms with Gasteiger partial charge in [0.05, 0.1) is 6.61 Å². The summed E-state index contributed by atoms with van der Waals surface area (Å²) in [6.07, 6.45) is 5.13. The lowest BCUT2D eigenvalue weighted by atomic mass is 9.50. The van der Waals surface area contributed by atoms with Crippen LogP contribution in [-0.4, -0.2) is 52.0 Å². The molecule has 4 fully saturated rings. The average Bonchev–Trinajstić information content (AvgIpc) is 3.21. The van der Waals surface area contributed by atoms with Crippen LogP contribution in [-0.2, 0) is 4.74 Å². The van der Waals surface area contributed by atoms with Gasteiger partial charge in [-0.25, -0.2) is 13.8 Å². The first-order valence-corrected chi connectivity index (χ1v) is 13.9. The molecule has 1 aromatic carbocycles. The molecular formula is C27H33BBrFN2O6. The monoisotopic (exact) mass is 590 g/mol. The SMILES string of the molecule is CC(C)(C)OC(=O)n1cc(Br)cc1C(=O)NC1C2CC3CC(C2)C(COc2ccc(B(O)O)c(F)c2)C1C3. The zero-order chi connectivity index (χ0) is 27.4. The fourth-order valence-electron chi connectivity index (χ4n) is 6.82. The molecule has 204 valence electrons. The van der Waals surface area contributed by atoms with E-state index in [0.717, 1.165) is 25.7 Å². The lowest BCUT2D eigenvalue weighted by Crippen LogP contribution is -2.60. The van der Waals surface area contributed by atoms with Crippen LogP contribution in [0.25, 0.3) is 0 Å². The molecule has 6 atom stereocenters. The van der Waals surface area contributed by atoms with E-state index < -0.39 is 24.6 Å². The summed E-state index contributed by atoms with van der Waals surface area (Å²) in [5, 5.41) is 21.8. The summed E-state index contributed by atoms with van der Waals surface area (Å²) in [4.78, 5) is 26.2. The molecule has 3 N–H and O–H groups in total. The zero-order valence-corrected chi connectivity index (χ0v) is 23.3. The van der Waals surface area contributed by atoms with Gasteiger partial charge >= 0.3 is 13.2 Å². The maximum Gasteiger partial charge on any atom is 0.491 e. The Hall–Kier alpha value is -2.37. The highest BCUT2D eigenvalue weighted by molar-refractivity contribution is 9.10. The first-order chi connectivity index (χ1) is 17.9. The molecule has 1 aromatic heterocycles. The van der Waals surface area contributed by atoms with Crippen molar-refractivity contribution < 1.29 is 33.5 Å². The first-order valence-electron chi connectivity index (χ1n) is 13.1. The first kappa shape index (κ1) is 27.2. The molecule has 4 bridgehead atoms. The van der Waals surface area contributed by atoms with Crippen LogP contribution in [0.2, 0.25) is 0 Å². The van der Waals surface area contributed by atoms with E-state index in [0.29, 0.717) is 34.6 Å². The Morgan fingerprint density at radius 2 is 1.89 bits per heavy atom. The van der Waals surface area contributed by atoms with Gasteiger partial charge in [-0.15, -0.1) is 0 Å². The third-order valence-corrected chi connectivity index (χ3v) is 8.64. The van der Waals surface area contributed by atoms with Gasteiger partial charge in [0.1, 0.15) is 22.9 Å². The number of nitrogens with one attached hydrogen (secondary N) is 1. The molecule has 4 aliphatic carbocycles. The summed E-state index contributed by atoms with van der Waals surface area (Å²) >= 11 is 3.38. The van der Waals surface area contributed by atoms with Crippen molar-refractivity contribution in [3.05, 3.63) is 46.4 Å². The highest BCUT2D eigenvalue weighted by Gasteiger charge is 2.54. The highest BCUT2D eigenvalue weighted by atomic mass is 79.9. The second kappa shape index (κ2) is 10.3. The quantitative estimate of drug-likeness (QED) is 0.443. The molecule has 0 saturated heterocycles. The largest absolute Gasteiger partial charge is 0.493 e. The Kier molecular flexibility index (Phi) is 7.39. The van der Waals surface area contributed by atoms with E-state index in [1.807, 2.05) is 0 Å². The van der Waals surface area contributed by atoms with Crippen molar-refractivity contribution >= 4 is 40.5 Å². The Balaban J connectivity index is 1.31. The van der Waals surface area contributed by atoms with Gasteiger partial charge in [0, 0.05) is 34.2 Å². The molecule has 0 radical (unpaired) electrons. The fourth-order valence-corrected chi connectivity index (χ4v) is 7.24. The van der Waals surface area contributed by atoms with Crippen molar-refractivity contribution in [2.24, 2.45) is 29.6 Å². The Labute approximate surface area is 230 Å². The summed E-state index contributed by atoms with van der Waals surface area (Å²) in [6.45, 7) is 5.72. The van der Waals surface area contributed by atoms with Crippen LogP contribution in [0.3, 0.4) is 0 Å².